The zero-order valence-corrected chi connectivity index (χ0v) is 30.5. The van der Waals surface area contributed by atoms with Crippen LogP contribution >= 0.6 is 0 Å². The first-order valence-corrected chi connectivity index (χ1v) is 18.8. The minimum atomic E-state index is -0.551. The number of ketones is 1. The highest BCUT2D eigenvalue weighted by atomic mass is 19.1. The normalized spacial score (nSPS) is 20.0. The number of rotatable bonds is 5. The van der Waals surface area contributed by atoms with Gasteiger partial charge in [-0.1, -0.05) is 0 Å². The lowest BCUT2D eigenvalue weighted by Crippen LogP contribution is -2.32. The summed E-state index contributed by atoms with van der Waals surface area (Å²) in [6.45, 7) is 1.19. The van der Waals surface area contributed by atoms with Crippen LogP contribution in [0.25, 0.3) is 49.0 Å². The Balaban J connectivity index is 0.000000159. The van der Waals surface area contributed by atoms with Crippen molar-refractivity contribution in [1.82, 2.24) is 23.9 Å². The van der Waals surface area contributed by atoms with Crippen LogP contribution in [0.2, 0.25) is 0 Å². The minimum Gasteiger partial charge on any atom is -0.463 e. The third-order valence-electron chi connectivity index (χ3n) is 11.3. The van der Waals surface area contributed by atoms with Crippen molar-refractivity contribution < 1.29 is 28.2 Å². The smallest absolute Gasteiger partial charge is 0.302 e. The van der Waals surface area contributed by atoms with E-state index in [4.69, 9.17) is 9.72 Å². The van der Waals surface area contributed by atoms with E-state index in [9.17, 15) is 37.9 Å². The van der Waals surface area contributed by atoms with Gasteiger partial charge >= 0.3 is 5.97 Å². The van der Waals surface area contributed by atoms with Crippen LogP contribution in [-0.2, 0) is 20.9 Å². The van der Waals surface area contributed by atoms with Gasteiger partial charge in [-0.3, -0.25) is 28.4 Å². The van der Waals surface area contributed by atoms with Gasteiger partial charge in [0.2, 0.25) is 0 Å². The molecule has 0 saturated heterocycles. The van der Waals surface area contributed by atoms with Gasteiger partial charge < -0.3 is 24.4 Å². The number of ether oxygens (including phenoxy) is 1. The molecule has 7 aromatic rings. The number of carbonyl (C=O) groups excluding carboxylic acids is 2. The van der Waals surface area contributed by atoms with E-state index in [1.807, 2.05) is 16.7 Å². The molecule has 0 unspecified atom stereocenters. The van der Waals surface area contributed by atoms with Gasteiger partial charge in [-0.05, 0) is 99.9 Å². The SMILES string of the molecule is CC(=O)OC1CCC(C(=O)Cn2c(=O)c3ccc(F)cc3c3c(=O)[nH]ccc32)CC1.O=c1[nH]ccc2c1c1cc(F)ccc1c1nc(C3CCC(O)CC3)cn21. The van der Waals surface area contributed by atoms with Crippen LogP contribution in [0.3, 0.4) is 0 Å². The van der Waals surface area contributed by atoms with E-state index in [1.54, 1.807) is 18.3 Å². The Labute approximate surface area is 316 Å². The van der Waals surface area contributed by atoms with Crippen molar-refractivity contribution in [1.29, 1.82) is 0 Å². The fourth-order valence-electron chi connectivity index (χ4n) is 8.49. The maximum atomic E-state index is 13.9. The molecule has 0 atom stereocenters. The lowest BCUT2D eigenvalue weighted by atomic mass is 9.84. The summed E-state index contributed by atoms with van der Waals surface area (Å²) in [6, 6.07) is 11.5. The Kier molecular flexibility index (Phi) is 9.83. The van der Waals surface area contributed by atoms with E-state index in [1.165, 1.54) is 35.9 Å². The average Bonchev–Trinajstić information content (AvgIpc) is 3.63. The molecule has 0 radical (unpaired) electrons. The fraction of sp³-hybridized carbons (Fsp3) is 0.333. The number of hydrogen-bond acceptors (Lipinski definition) is 8. The van der Waals surface area contributed by atoms with Crippen LogP contribution in [-0.4, -0.2) is 53.0 Å². The molecule has 12 nitrogen and oxygen atoms in total. The van der Waals surface area contributed by atoms with E-state index in [-0.39, 0.29) is 64.0 Å². The number of nitrogens with zero attached hydrogens (tertiary/aromatic N) is 3. The zero-order chi connectivity index (χ0) is 39.2. The molecular weight excluding hydrogens is 724 g/mol. The average molecular weight is 764 g/mol. The molecule has 5 heterocycles. The van der Waals surface area contributed by atoms with Gasteiger partial charge in [-0.25, -0.2) is 13.8 Å². The fourth-order valence-corrected chi connectivity index (χ4v) is 8.49. The molecule has 2 aliphatic carbocycles. The molecule has 0 bridgehead atoms. The maximum Gasteiger partial charge on any atom is 0.302 e. The summed E-state index contributed by atoms with van der Waals surface area (Å²) in [6.07, 6.45) is 10.3. The summed E-state index contributed by atoms with van der Waals surface area (Å²) in [5, 5.41) is 12.1. The number of aromatic nitrogens is 5. The van der Waals surface area contributed by atoms with Crippen LogP contribution in [0.15, 0.2) is 81.5 Å². The van der Waals surface area contributed by atoms with Crippen molar-refractivity contribution in [2.45, 2.75) is 83.0 Å². The van der Waals surface area contributed by atoms with Gasteiger partial charge in [0.25, 0.3) is 16.7 Å². The number of halogens is 2. The van der Waals surface area contributed by atoms with E-state index in [0.717, 1.165) is 60.1 Å². The first-order chi connectivity index (χ1) is 27.0. The largest absolute Gasteiger partial charge is 0.463 e. The second-order valence-corrected chi connectivity index (χ2v) is 14.8. The quantitative estimate of drug-likeness (QED) is 0.138. The number of fused-ring (bicyclic) bond motifs is 9. The molecule has 288 valence electrons. The molecule has 0 spiro atoms. The molecule has 5 aromatic heterocycles. The number of aliphatic hydroxyl groups is 1. The Morgan fingerprint density at radius 3 is 2.02 bits per heavy atom. The molecule has 0 aliphatic heterocycles. The number of benzene rings is 2. The predicted octanol–water partition coefficient (Wildman–Crippen LogP) is 6.16. The van der Waals surface area contributed by atoms with Crippen molar-refractivity contribution >= 4 is 60.8 Å². The van der Waals surface area contributed by atoms with Gasteiger partial charge in [-0.2, -0.15) is 0 Å². The highest BCUT2D eigenvalue weighted by Crippen LogP contribution is 2.35. The second-order valence-electron chi connectivity index (χ2n) is 14.8. The summed E-state index contributed by atoms with van der Waals surface area (Å²) >= 11 is 0. The topological polar surface area (TPSA) is 169 Å². The summed E-state index contributed by atoms with van der Waals surface area (Å²) in [7, 11) is 0. The Bertz CT molecular complexity index is 2860. The number of carbonyl (C=O) groups is 2. The number of aromatic amines is 2. The van der Waals surface area contributed by atoms with Gasteiger partial charge in [0.05, 0.1) is 40.1 Å². The summed E-state index contributed by atoms with van der Waals surface area (Å²) in [5.74, 6) is -1.32. The third kappa shape index (κ3) is 6.89. The van der Waals surface area contributed by atoms with Gasteiger partial charge in [0.1, 0.15) is 23.4 Å². The van der Waals surface area contributed by atoms with Gasteiger partial charge in [0.15, 0.2) is 5.78 Å². The van der Waals surface area contributed by atoms with Crippen molar-refractivity contribution in [3.63, 3.8) is 0 Å². The van der Waals surface area contributed by atoms with Crippen molar-refractivity contribution in [2.75, 3.05) is 0 Å². The van der Waals surface area contributed by atoms with E-state index in [2.05, 4.69) is 9.97 Å². The molecule has 2 aromatic carbocycles. The predicted molar refractivity (Wildman–Crippen MR) is 207 cm³/mol. The highest BCUT2D eigenvalue weighted by Gasteiger charge is 2.29. The number of esters is 1. The number of pyridine rings is 4. The molecule has 56 heavy (non-hydrogen) atoms. The summed E-state index contributed by atoms with van der Waals surface area (Å²) < 4.78 is 36.1. The van der Waals surface area contributed by atoms with E-state index >= 15 is 0 Å². The molecule has 2 fully saturated rings. The Morgan fingerprint density at radius 1 is 0.786 bits per heavy atom. The number of hydrogen-bond donors (Lipinski definition) is 3. The molecule has 14 heteroatoms. The second kappa shape index (κ2) is 14.9. The number of aliphatic hydroxyl groups excluding tert-OH is 1. The van der Waals surface area contributed by atoms with Crippen LogP contribution in [0.4, 0.5) is 8.78 Å². The third-order valence-corrected chi connectivity index (χ3v) is 11.3. The zero-order valence-electron chi connectivity index (χ0n) is 30.5. The molecular formula is C42H39F2N5O7. The number of H-pyrrole nitrogens is 2. The highest BCUT2D eigenvalue weighted by molar-refractivity contribution is 6.11. The van der Waals surface area contributed by atoms with Crippen molar-refractivity contribution in [3.8, 4) is 0 Å². The van der Waals surface area contributed by atoms with E-state index < -0.39 is 16.9 Å². The molecule has 2 aliphatic rings. The lowest BCUT2D eigenvalue weighted by molar-refractivity contribution is -0.148. The van der Waals surface area contributed by atoms with Crippen LogP contribution in [0.5, 0.6) is 0 Å². The van der Waals surface area contributed by atoms with Crippen LogP contribution in [0, 0.1) is 17.6 Å². The molecule has 0 amide bonds. The van der Waals surface area contributed by atoms with Crippen molar-refractivity contribution in [2.24, 2.45) is 5.92 Å². The maximum absolute atomic E-state index is 13.9. The summed E-state index contributed by atoms with van der Waals surface area (Å²) in [5.41, 5.74) is 1.59. The van der Waals surface area contributed by atoms with E-state index in [0.29, 0.717) is 47.9 Å². The van der Waals surface area contributed by atoms with Gasteiger partial charge in [-0.15, -0.1) is 0 Å². The van der Waals surface area contributed by atoms with Crippen molar-refractivity contribution in [3.05, 3.63) is 116 Å². The Hall–Kier alpha value is -6.02. The number of imidazole rings is 1. The molecule has 2 saturated carbocycles. The Morgan fingerprint density at radius 2 is 1.38 bits per heavy atom. The van der Waals surface area contributed by atoms with Crippen LogP contribution < -0.4 is 16.7 Å². The molecule has 9 rings (SSSR count). The standard InChI is InChI=1S/C22H21FN2O5.C20H18FN3O2/c1-12(26)30-15-5-2-13(3-6-15)19(27)11-25-18-8-9-24-21(28)20(18)17-10-14(23)4-7-16(17)22(25)29;21-12-3-6-14-15(9-12)18-17(7-8-22-20(18)26)24-10-16(23-19(14)24)11-1-4-13(25)5-2-11/h4,7-10,13,15H,2-3,5-6,11H2,1H3,(H,24,28);3,6-11,13,25H,1-2,4-5H2,(H,22,26). The minimum absolute atomic E-state index is 0.110. The van der Waals surface area contributed by atoms with Gasteiger partial charge in [0, 0.05) is 58.9 Å². The first-order valence-electron chi connectivity index (χ1n) is 18.8. The molecule has 3 N–H and O–H groups in total. The van der Waals surface area contributed by atoms with Crippen LogP contribution in [0.1, 0.15) is 69.9 Å². The summed E-state index contributed by atoms with van der Waals surface area (Å²) in [4.78, 5) is 72.1. The lowest BCUT2D eigenvalue weighted by Gasteiger charge is -2.27. The first kappa shape index (κ1) is 36.9. The number of Topliss-reactive ketones (excluding diaryl/α,β-unsaturated/α-hetero) is 1. The monoisotopic (exact) mass is 763 g/mol. The number of nitrogens with one attached hydrogen (secondary N) is 2.